The number of phenols is 1. The summed E-state index contributed by atoms with van der Waals surface area (Å²) in [6.07, 6.45) is 5.21. The Hall–Kier alpha value is -2.26. The fourth-order valence-corrected chi connectivity index (χ4v) is 3.73. The first kappa shape index (κ1) is 18.5. The molecule has 2 aromatic carbocycles. The Balaban J connectivity index is 1.96. The predicted octanol–water partition coefficient (Wildman–Crippen LogP) is 6.21. The molecule has 1 aliphatic heterocycles. The molecule has 0 bridgehead atoms. The minimum absolute atomic E-state index is 0.0117. The summed E-state index contributed by atoms with van der Waals surface area (Å²) < 4.78 is 0. The maximum Gasteiger partial charge on any atom is 0.142 e. The molecule has 0 atom stereocenters. The van der Waals surface area contributed by atoms with Gasteiger partial charge in [-0.15, -0.1) is 0 Å². The average molecular weight is 369 g/mol. The van der Waals surface area contributed by atoms with E-state index in [1.807, 2.05) is 0 Å². The van der Waals surface area contributed by atoms with Gasteiger partial charge in [0.2, 0.25) is 0 Å². The SMILES string of the molecule is CCCN1c2ccc(C=Nc3ccc(Cl)cc3O)cc2C(C)=CC1(C)C. The Bertz CT molecular complexity index is 884. The highest BCUT2D eigenvalue weighted by Crippen LogP contribution is 2.39. The second-order valence-corrected chi connectivity index (χ2v) is 7.74. The van der Waals surface area contributed by atoms with Gasteiger partial charge in [0, 0.05) is 35.1 Å². The lowest BCUT2D eigenvalue weighted by Gasteiger charge is -2.43. The van der Waals surface area contributed by atoms with Crippen molar-refractivity contribution in [2.24, 2.45) is 4.99 Å². The summed E-state index contributed by atoms with van der Waals surface area (Å²) in [5.41, 5.74) is 5.31. The van der Waals surface area contributed by atoms with Crippen LogP contribution in [0.3, 0.4) is 0 Å². The molecule has 4 heteroatoms. The van der Waals surface area contributed by atoms with E-state index in [1.54, 1.807) is 18.3 Å². The molecule has 0 aromatic heterocycles. The first-order chi connectivity index (χ1) is 12.3. The van der Waals surface area contributed by atoms with E-state index in [4.69, 9.17) is 11.6 Å². The van der Waals surface area contributed by atoms with E-state index in [-0.39, 0.29) is 11.3 Å². The van der Waals surface area contributed by atoms with E-state index < -0.39 is 0 Å². The van der Waals surface area contributed by atoms with E-state index >= 15 is 0 Å². The lowest BCUT2D eigenvalue weighted by Crippen LogP contribution is -2.45. The number of phenolic OH excluding ortho intramolecular Hbond substituents is 1. The minimum Gasteiger partial charge on any atom is -0.506 e. The molecule has 1 N–H and O–H groups in total. The molecule has 0 amide bonds. The van der Waals surface area contributed by atoms with Crippen molar-refractivity contribution in [1.82, 2.24) is 0 Å². The Labute approximate surface area is 160 Å². The molecule has 0 radical (unpaired) electrons. The number of rotatable bonds is 4. The molecule has 3 nitrogen and oxygen atoms in total. The number of halogens is 1. The first-order valence-electron chi connectivity index (χ1n) is 8.96. The molecule has 0 fully saturated rings. The molecule has 3 rings (SSSR count). The lowest BCUT2D eigenvalue weighted by molar-refractivity contribution is 0.477. The van der Waals surface area contributed by atoms with Gasteiger partial charge >= 0.3 is 0 Å². The molecular formula is C22H25ClN2O. The van der Waals surface area contributed by atoms with Crippen molar-refractivity contribution < 1.29 is 5.11 Å². The van der Waals surface area contributed by atoms with E-state index in [0.29, 0.717) is 10.7 Å². The third-order valence-corrected chi connectivity index (χ3v) is 4.97. The fraction of sp³-hybridized carbons (Fsp3) is 0.318. The second-order valence-electron chi connectivity index (χ2n) is 7.30. The van der Waals surface area contributed by atoms with Crippen LogP contribution in [0.5, 0.6) is 5.75 Å². The third kappa shape index (κ3) is 3.63. The van der Waals surface area contributed by atoms with Crippen LogP contribution in [-0.2, 0) is 0 Å². The number of aliphatic imine (C=N–C) groups is 1. The third-order valence-electron chi connectivity index (χ3n) is 4.74. The molecule has 1 heterocycles. The Morgan fingerprint density at radius 2 is 1.96 bits per heavy atom. The van der Waals surface area contributed by atoms with E-state index in [9.17, 15) is 5.11 Å². The number of nitrogens with zero attached hydrogens (tertiary/aromatic N) is 2. The molecule has 1 aliphatic rings. The molecule has 0 unspecified atom stereocenters. The smallest absolute Gasteiger partial charge is 0.142 e. The van der Waals surface area contributed by atoms with Gasteiger partial charge in [0.15, 0.2) is 0 Å². The van der Waals surface area contributed by atoms with Crippen molar-refractivity contribution in [1.29, 1.82) is 0 Å². The number of hydrogen-bond donors (Lipinski definition) is 1. The largest absolute Gasteiger partial charge is 0.506 e. The number of allylic oxidation sites excluding steroid dienone is 1. The van der Waals surface area contributed by atoms with Crippen molar-refractivity contribution in [2.45, 2.75) is 39.7 Å². The van der Waals surface area contributed by atoms with Crippen LogP contribution in [-0.4, -0.2) is 23.4 Å². The summed E-state index contributed by atoms with van der Waals surface area (Å²) in [6, 6.07) is 11.3. The first-order valence-corrected chi connectivity index (χ1v) is 9.34. The molecule has 2 aromatic rings. The zero-order valence-corrected chi connectivity index (χ0v) is 16.5. The highest BCUT2D eigenvalue weighted by Gasteiger charge is 2.30. The molecule has 0 spiro atoms. The van der Waals surface area contributed by atoms with E-state index in [1.165, 1.54) is 22.9 Å². The van der Waals surface area contributed by atoms with Gasteiger partial charge in [-0.2, -0.15) is 0 Å². The molecule has 0 aliphatic carbocycles. The summed E-state index contributed by atoms with van der Waals surface area (Å²) in [5, 5.41) is 10.4. The number of aromatic hydroxyl groups is 1. The zero-order chi connectivity index (χ0) is 18.9. The Kier molecular flexibility index (Phi) is 5.10. The van der Waals surface area contributed by atoms with Crippen molar-refractivity contribution >= 4 is 34.8 Å². The molecule has 0 saturated heterocycles. The Morgan fingerprint density at radius 1 is 1.19 bits per heavy atom. The minimum atomic E-state index is 0.0117. The summed E-state index contributed by atoms with van der Waals surface area (Å²) in [4.78, 5) is 6.87. The van der Waals surface area contributed by atoms with Crippen molar-refractivity contribution in [3.63, 3.8) is 0 Å². The summed E-state index contributed by atoms with van der Waals surface area (Å²) in [5.74, 6) is 0.0821. The second kappa shape index (κ2) is 7.16. The van der Waals surface area contributed by atoms with Gasteiger partial charge in [-0.1, -0.05) is 30.7 Å². The quantitative estimate of drug-likeness (QED) is 0.651. The van der Waals surface area contributed by atoms with Gasteiger partial charge in [0.1, 0.15) is 11.4 Å². The van der Waals surface area contributed by atoms with Crippen LogP contribution in [0.1, 0.15) is 45.2 Å². The van der Waals surface area contributed by atoms with Crippen LogP contribution < -0.4 is 4.90 Å². The maximum atomic E-state index is 9.94. The predicted molar refractivity (Wildman–Crippen MR) is 112 cm³/mol. The van der Waals surface area contributed by atoms with Gasteiger partial charge in [-0.25, -0.2) is 0 Å². The summed E-state index contributed by atoms with van der Waals surface area (Å²) in [6.45, 7) is 9.91. The zero-order valence-electron chi connectivity index (χ0n) is 15.8. The topological polar surface area (TPSA) is 35.8 Å². The lowest BCUT2D eigenvalue weighted by atomic mass is 9.88. The van der Waals surface area contributed by atoms with Crippen LogP contribution in [0.4, 0.5) is 11.4 Å². The Morgan fingerprint density at radius 3 is 2.65 bits per heavy atom. The molecule has 136 valence electrons. The van der Waals surface area contributed by atoms with Crippen molar-refractivity contribution in [3.8, 4) is 5.75 Å². The normalized spacial score (nSPS) is 15.9. The number of benzene rings is 2. The fourth-order valence-electron chi connectivity index (χ4n) is 3.56. The van der Waals surface area contributed by atoms with Crippen LogP contribution in [0.2, 0.25) is 5.02 Å². The van der Waals surface area contributed by atoms with Crippen molar-refractivity contribution in [3.05, 3.63) is 58.6 Å². The van der Waals surface area contributed by atoms with Gasteiger partial charge < -0.3 is 10.0 Å². The summed E-state index contributed by atoms with van der Waals surface area (Å²) in [7, 11) is 0. The molecule has 26 heavy (non-hydrogen) atoms. The summed E-state index contributed by atoms with van der Waals surface area (Å²) >= 11 is 5.87. The van der Waals surface area contributed by atoms with E-state index in [0.717, 1.165) is 18.5 Å². The number of hydrogen-bond acceptors (Lipinski definition) is 3. The standard InChI is InChI=1S/C22H25ClN2O/c1-5-10-25-20-9-6-16(11-18(20)15(2)13-22(25,3)4)14-24-19-8-7-17(23)12-21(19)26/h6-9,11-14,26H,5,10H2,1-4H3. The van der Waals surface area contributed by atoms with Crippen LogP contribution >= 0.6 is 11.6 Å². The van der Waals surface area contributed by atoms with Gasteiger partial charge in [-0.05, 0) is 62.6 Å². The number of anilines is 1. The highest BCUT2D eigenvalue weighted by molar-refractivity contribution is 6.30. The van der Waals surface area contributed by atoms with Gasteiger partial charge in [0.05, 0.1) is 5.54 Å². The monoisotopic (exact) mass is 368 g/mol. The number of fused-ring (bicyclic) bond motifs is 1. The van der Waals surface area contributed by atoms with E-state index in [2.05, 4.69) is 61.9 Å². The molecular weight excluding hydrogens is 344 g/mol. The molecule has 0 saturated carbocycles. The maximum absolute atomic E-state index is 9.94. The highest BCUT2D eigenvalue weighted by atomic mass is 35.5. The van der Waals surface area contributed by atoms with Crippen LogP contribution in [0.25, 0.3) is 5.57 Å². The van der Waals surface area contributed by atoms with Gasteiger partial charge in [0.25, 0.3) is 0 Å². The van der Waals surface area contributed by atoms with Gasteiger partial charge in [-0.3, -0.25) is 4.99 Å². The van der Waals surface area contributed by atoms with Crippen LogP contribution in [0.15, 0.2) is 47.5 Å². The van der Waals surface area contributed by atoms with Crippen LogP contribution in [0, 0.1) is 0 Å². The average Bonchev–Trinajstić information content (AvgIpc) is 2.57. The van der Waals surface area contributed by atoms with Crippen molar-refractivity contribution in [2.75, 3.05) is 11.4 Å².